The Morgan fingerprint density at radius 1 is 0.489 bits per heavy atom. The zero-order valence-corrected chi connectivity index (χ0v) is 25.9. The fourth-order valence-electron chi connectivity index (χ4n) is 5.97. The van der Waals surface area contributed by atoms with E-state index < -0.39 is 0 Å². The van der Waals surface area contributed by atoms with Crippen molar-refractivity contribution in [2.75, 3.05) is 0 Å². The number of nitrogens with zero attached hydrogens (tertiary/aromatic N) is 5. The number of fused-ring (bicyclic) bond motifs is 3. The lowest BCUT2D eigenvalue weighted by atomic mass is 9.82. The topological polar surface area (TPSA) is 87.8 Å². The summed E-state index contributed by atoms with van der Waals surface area (Å²) in [5.74, 6) is 1.78. The van der Waals surface area contributed by atoms with Gasteiger partial charge in [-0.3, -0.25) is 5.41 Å². The highest BCUT2D eigenvalue weighted by atomic mass is 32.1. The average molecular weight is 623 g/mol. The number of hydrogen-bond donors (Lipinski definition) is 2. The molecule has 0 aliphatic heterocycles. The lowest BCUT2D eigenvalue weighted by Crippen LogP contribution is -2.22. The molecule has 1 aliphatic carbocycles. The van der Waals surface area contributed by atoms with Crippen LogP contribution in [0.25, 0.3) is 68.0 Å². The molecule has 0 spiro atoms. The first kappa shape index (κ1) is 28.4. The molecule has 47 heavy (non-hydrogen) atoms. The molecular weight excluding hydrogens is 597 g/mol. The van der Waals surface area contributed by atoms with E-state index in [1.165, 1.54) is 0 Å². The van der Waals surface area contributed by atoms with Crippen molar-refractivity contribution in [3.63, 3.8) is 0 Å². The van der Waals surface area contributed by atoms with E-state index in [0.29, 0.717) is 28.9 Å². The molecule has 1 aliphatic rings. The van der Waals surface area contributed by atoms with Gasteiger partial charge in [0, 0.05) is 44.3 Å². The van der Waals surface area contributed by atoms with E-state index in [2.05, 4.69) is 35.4 Å². The molecule has 0 atom stereocenters. The first-order chi connectivity index (χ1) is 23.2. The molecule has 2 aromatic heterocycles. The fraction of sp³-hybridized carbons (Fsp3) is 0. The van der Waals surface area contributed by atoms with E-state index in [1.54, 1.807) is 0 Å². The molecule has 0 unspecified atom stereocenters. The second-order valence-electron chi connectivity index (χ2n) is 11.1. The summed E-state index contributed by atoms with van der Waals surface area (Å²) >= 11 is 4.37. The fourth-order valence-corrected chi connectivity index (χ4v) is 6.17. The molecule has 0 radical (unpaired) electrons. The van der Waals surface area contributed by atoms with Crippen LogP contribution in [0.1, 0.15) is 16.7 Å². The van der Waals surface area contributed by atoms with E-state index in [-0.39, 0.29) is 0 Å². The SMILES string of the molecule is N=C1C(c2ccc(-c3nc(-c4ccccc4)nc(-c4ccccc4)n3)cc2)=Cc2c(-c3ccccc3)nc3ccccc3c2C1=NS. The summed E-state index contributed by atoms with van der Waals surface area (Å²) in [5.41, 5.74) is 9.53. The van der Waals surface area contributed by atoms with Crippen LogP contribution >= 0.6 is 12.8 Å². The van der Waals surface area contributed by atoms with Crippen LogP contribution in [0.15, 0.2) is 144 Å². The van der Waals surface area contributed by atoms with Crippen LogP contribution in [0, 0.1) is 5.41 Å². The Hall–Kier alpha value is -6.05. The van der Waals surface area contributed by atoms with Gasteiger partial charge in [0.2, 0.25) is 0 Å². The second-order valence-corrected chi connectivity index (χ2v) is 11.3. The largest absolute Gasteiger partial charge is 0.298 e. The smallest absolute Gasteiger partial charge is 0.164 e. The summed E-state index contributed by atoms with van der Waals surface area (Å²) in [6.07, 6.45) is 2.06. The van der Waals surface area contributed by atoms with Crippen LogP contribution in [-0.2, 0) is 0 Å². The standard InChI is InChI=1S/C40H26N6S/c41-35-31(24-32-34(37(35)46-47)30-18-10-11-19-33(30)42-36(32)26-12-4-1-5-13-26)25-20-22-29(23-21-25)40-44-38(27-14-6-2-7-15-27)43-39(45-40)28-16-8-3-9-17-28/h1-24,41,47H. The first-order valence-corrected chi connectivity index (χ1v) is 15.6. The van der Waals surface area contributed by atoms with Crippen LogP contribution in [0.4, 0.5) is 0 Å². The van der Waals surface area contributed by atoms with Crippen LogP contribution in [-0.4, -0.2) is 31.4 Å². The highest BCUT2D eigenvalue weighted by Gasteiger charge is 2.28. The van der Waals surface area contributed by atoms with Crippen molar-refractivity contribution in [2.24, 2.45) is 4.40 Å². The van der Waals surface area contributed by atoms with E-state index >= 15 is 0 Å². The molecule has 222 valence electrons. The molecular formula is C40H26N6S. The third-order valence-electron chi connectivity index (χ3n) is 8.26. The molecule has 0 saturated heterocycles. The van der Waals surface area contributed by atoms with Gasteiger partial charge in [0.25, 0.3) is 0 Å². The Morgan fingerprint density at radius 2 is 0.957 bits per heavy atom. The monoisotopic (exact) mass is 622 g/mol. The summed E-state index contributed by atoms with van der Waals surface area (Å²) < 4.78 is 4.36. The van der Waals surface area contributed by atoms with Crippen molar-refractivity contribution in [3.8, 4) is 45.4 Å². The van der Waals surface area contributed by atoms with E-state index in [0.717, 1.165) is 61.1 Å². The van der Waals surface area contributed by atoms with Gasteiger partial charge in [-0.2, -0.15) is 0 Å². The van der Waals surface area contributed by atoms with E-state index in [1.807, 2.05) is 127 Å². The van der Waals surface area contributed by atoms with Gasteiger partial charge >= 0.3 is 0 Å². The quantitative estimate of drug-likeness (QED) is 0.187. The molecule has 2 heterocycles. The predicted octanol–water partition coefficient (Wildman–Crippen LogP) is 9.30. The van der Waals surface area contributed by atoms with Crippen LogP contribution in [0.3, 0.4) is 0 Å². The first-order valence-electron chi connectivity index (χ1n) is 15.2. The molecule has 0 amide bonds. The minimum atomic E-state index is 0.300. The van der Waals surface area contributed by atoms with Gasteiger partial charge in [-0.25, -0.2) is 24.3 Å². The predicted molar refractivity (Wildman–Crippen MR) is 194 cm³/mol. The highest BCUT2D eigenvalue weighted by molar-refractivity contribution is 7.79. The third-order valence-corrected chi connectivity index (χ3v) is 8.46. The Bertz CT molecular complexity index is 2290. The van der Waals surface area contributed by atoms with Crippen molar-refractivity contribution >= 4 is 46.8 Å². The van der Waals surface area contributed by atoms with Crippen LogP contribution < -0.4 is 0 Å². The maximum atomic E-state index is 9.28. The molecule has 0 saturated carbocycles. The highest BCUT2D eigenvalue weighted by Crippen LogP contribution is 2.38. The van der Waals surface area contributed by atoms with E-state index in [4.69, 9.17) is 19.9 Å². The average Bonchev–Trinajstić information content (AvgIpc) is 3.15. The molecule has 7 heteroatoms. The number of hydrogen-bond acceptors (Lipinski definition) is 7. The molecule has 7 aromatic rings. The van der Waals surface area contributed by atoms with Gasteiger partial charge in [-0.1, -0.05) is 133 Å². The molecule has 5 aromatic carbocycles. The van der Waals surface area contributed by atoms with Gasteiger partial charge in [0.15, 0.2) is 17.5 Å². The second kappa shape index (κ2) is 12.0. The molecule has 0 bridgehead atoms. The van der Waals surface area contributed by atoms with Crippen molar-refractivity contribution in [2.45, 2.75) is 0 Å². The summed E-state index contributed by atoms with van der Waals surface area (Å²) in [5, 5.41) is 10.2. The summed E-state index contributed by atoms with van der Waals surface area (Å²) in [6.45, 7) is 0. The zero-order valence-electron chi connectivity index (χ0n) is 25.0. The number of aromatic nitrogens is 4. The minimum Gasteiger partial charge on any atom is -0.298 e. The van der Waals surface area contributed by atoms with Crippen molar-refractivity contribution in [3.05, 3.63) is 156 Å². The number of thiol groups is 1. The van der Waals surface area contributed by atoms with Crippen LogP contribution in [0.2, 0.25) is 0 Å². The third kappa shape index (κ3) is 5.22. The summed E-state index contributed by atoms with van der Waals surface area (Å²) in [7, 11) is 0. The molecule has 0 fully saturated rings. The Labute approximate surface area is 277 Å². The number of pyridine rings is 1. The Kier molecular flexibility index (Phi) is 7.28. The molecule has 6 nitrogen and oxygen atoms in total. The number of allylic oxidation sites excluding steroid dienone is 1. The summed E-state index contributed by atoms with van der Waals surface area (Å²) in [6, 6.07) is 45.9. The lowest BCUT2D eigenvalue weighted by Gasteiger charge is -2.23. The van der Waals surface area contributed by atoms with E-state index in [9.17, 15) is 5.41 Å². The number of nitrogens with one attached hydrogen (secondary N) is 1. The summed E-state index contributed by atoms with van der Waals surface area (Å²) in [4.78, 5) is 19.6. The molecule has 8 rings (SSSR count). The van der Waals surface area contributed by atoms with Crippen molar-refractivity contribution in [1.29, 1.82) is 5.41 Å². The van der Waals surface area contributed by atoms with Gasteiger partial charge in [-0.05, 0) is 30.5 Å². The maximum absolute atomic E-state index is 9.28. The van der Waals surface area contributed by atoms with Gasteiger partial charge in [0.05, 0.1) is 16.9 Å². The normalized spacial score (nSPS) is 13.4. The lowest BCUT2D eigenvalue weighted by molar-refractivity contribution is 1.07. The van der Waals surface area contributed by atoms with Gasteiger partial charge in [0.1, 0.15) is 5.71 Å². The number of rotatable bonds is 5. The number of para-hydroxylation sites is 1. The zero-order chi connectivity index (χ0) is 31.7. The molecule has 1 N–H and O–H groups in total. The van der Waals surface area contributed by atoms with Crippen molar-refractivity contribution in [1.82, 2.24) is 19.9 Å². The Balaban J connectivity index is 1.26. The Morgan fingerprint density at radius 3 is 1.51 bits per heavy atom. The van der Waals surface area contributed by atoms with Crippen LogP contribution in [0.5, 0.6) is 0 Å². The van der Waals surface area contributed by atoms with Gasteiger partial charge in [-0.15, -0.1) is 0 Å². The maximum Gasteiger partial charge on any atom is 0.164 e. The minimum absolute atomic E-state index is 0.300. The van der Waals surface area contributed by atoms with Crippen molar-refractivity contribution < 1.29 is 0 Å². The number of benzene rings is 5. The van der Waals surface area contributed by atoms with Gasteiger partial charge < -0.3 is 0 Å².